The maximum Gasteiger partial charge on any atom is 0.416 e. The molecule has 0 saturated heterocycles. The van der Waals surface area contributed by atoms with Gasteiger partial charge in [-0.05, 0) is 29.3 Å². The molecule has 0 aliphatic carbocycles. The molecule has 2 aromatic rings. The molecule has 2 rings (SSSR count). The van der Waals surface area contributed by atoms with Crippen molar-refractivity contribution in [2.45, 2.75) is 18.5 Å². The zero-order chi connectivity index (χ0) is 17.6. The van der Waals surface area contributed by atoms with Gasteiger partial charge in [-0.1, -0.05) is 54.6 Å². The largest absolute Gasteiger partial charge is 0.416 e. The smallest absolute Gasteiger partial charge is 0.295 e. The first-order valence-electron chi connectivity index (χ1n) is 7.46. The summed E-state index contributed by atoms with van der Waals surface area (Å²) in [6, 6.07) is 14.2. The minimum atomic E-state index is -4.36. The van der Waals surface area contributed by atoms with Crippen molar-refractivity contribution in [1.29, 1.82) is 0 Å². The molecule has 1 atom stereocenters. The summed E-state index contributed by atoms with van der Waals surface area (Å²) in [6.07, 6.45) is 0.580. The van der Waals surface area contributed by atoms with Crippen LogP contribution in [0.3, 0.4) is 0 Å². The number of allylic oxidation sites excluding steroid dienone is 2. The van der Waals surface area contributed by atoms with Gasteiger partial charge in [0.15, 0.2) is 5.78 Å². The first kappa shape index (κ1) is 17.7. The molecule has 0 fully saturated rings. The molecule has 0 bridgehead atoms. The Morgan fingerprint density at radius 3 is 2.21 bits per heavy atom. The summed E-state index contributed by atoms with van der Waals surface area (Å²) < 4.78 is 37.8. The number of carbonyl (C=O) groups excluding carboxylic acids is 1. The van der Waals surface area contributed by atoms with Gasteiger partial charge in [-0.2, -0.15) is 13.2 Å². The molecule has 0 saturated carbocycles. The van der Waals surface area contributed by atoms with Crippen LogP contribution in [0.25, 0.3) is 6.08 Å². The Hall–Kier alpha value is -2.62. The minimum absolute atomic E-state index is 0.108. The second kappa shape index (κ2) is 7.77. The van der Waals surface area contributed by atoms with Crippen LogP contribution in [-0.4, -0.2) is 5.78 Å². The number of hydrogen-bond donors (Lipinski definition) is 0. The molecule has 24 heavy (non-hydrogen) atoms. The van der Waals surface area contributed by atoms with Crippen LogP contribution in [0.5, 0.6) is 0 Å². The van der Waals surface area contributed by atoms with Gasteiger partial charge in [0, 0.05) is 12.3 Å². The molecule has 0 aromatic heterocycles. The third-order valence-electron chi connectivity index (χ3n) is 3.63. The highest BCUT2D eigenvalue weighted by Crippen LogP contribution is 2.31. The van der Waals surface area contributed by atoms with E-state index >= 15 is 0 Å². The Balaban J connectivity index is 2.05. The van der Waals surface area contributed by atoms with E-state index in [1.165, 1.54) is 18.2 Å². The Morgan fingerprint density at radius 2 is 1.67 bits per heavy atom. The van der Waals surface area contributed by atoms with Crippen LogP contribution in [-0.2, 0) is 11.0 Å². The van der Waals surface area contributed by atoms with E-state index in [-0.39, 0.29) is 18.1 Å². The van der Waals surface area contributed by atoms with Crippen molar-refractivity contribution < 1.29 is 18.0 Å². The Labute approximate surface area is 139 Å². The van der Waals surface area contributed by atoms with Gasteiger partial charge >= 0.3 is 6.18 Å². The summed E-state index contributed by atoms with van der Waals surface area (Å²) in [7, 11) is 0. The van der Waals surface area contributed by atoms with E-state index in [4.69, 9.17) is 0 Å². The van der Waals surface area contributed by atoms with Gasteiger partial charge in [-0.3, -0.25) is 4.79 Å². The van der Waals surface area contributed by atoms with Crippen LogP contribution < -0.4 is 0 Å². The van der Waals surface area contributed by atoms with E-state index in [2.05, 4.69) is 6.58 Å². The van der Waals surface area contributed by atoms with Crippen LogP contribution in [0, 0.1) is 0 Å². The molecule has 0 N–H and O–H groups in total. The van der Waals surface area contributed by atoms with Crippen molar-refractivity contribution in [2.24, 2.45) is 0 Å². The monoisotopic (exact) mass is 330 g/mol. The fourth-order valence-corrected chi connectivity index (χ4v) is 2.29. The minimum Gasteiger partial charge on any atom is -0.295 e. The van der Waals surface area contributed by atoms with Crippen LogP contribution in [0.1, 0.15) is 29.0 Å². The number of halogens is 3. The number of carbonyl (C=O) groups is 1. The van der Waals surface area contributed by atoms with Gasteiger partial charge in [-0.25, -0.2) is 0 Å². The molecular formula is C20H17F3O. The summed E-state index contributed by atoms with van der Waals surface area (Å²) in [4.78, 5) is 12.1. The lowest BCUT2D eigenvalue weighted by Crippen LogP contribution is -2.06. The lowest BCUT2D eigenvalue weighted by Gasteiger charge is -2.13. The van der Waals surface area contributed by atoms with Gasteiger partial charge in [-0.15, -0.1) is 6.58 Å². The molecule has 0 heterocycles. The first-order chi connectivity index (χ1) is 11.4. The van der Waals surface area contributed by atoms with Gasteiger partial charge in [0.25, 0.3) is 0 Å². The second-order valence-corrected chi connectivity index (χ2v) is 5.38. The number of rotatable bonds is 6. The third kappa shape index (κ3) is 4.95. The van der Waals surface area contributed by atoms with Gasteiger partial charge in [0.05, 0.1) is 5.56 Å². The standard InChI is InChI=1S/C20H17F3O/c1-2-16(17-9-11-18(12-10-17)20(21,22)23)14-19(24)13-8-15-6-4-3-5-7-15/h2-13,16H,1,14H2/b13-8+/t16-/m0/s1. The second-order valence-electron chi connectivity index (χ2n) is 5.38. The van der Waals surface area contributed by atoms with E-state index in [1.54, 1.807) is 12.2 Å². The maximum absolute atomic E-state index is 12.6. The molecule has 0 amide bonds. The molecule has 1 nitrogen and oxygen atoms in total. The molecule has 0 aliphatic heterocycles. The van der Waals surface area contributed by atoms with Crippen molar-refractivity contribution >= 4 is 11.9 Å². The van der Waals surface area contributed by atoms with Gasteiger partial charge in [0.2, 0.25) is 0 Å². The molecule has 0 aliphatic rings. The van der Waals surface area contributed by atoms with Crippen LogP contribution >= 0.6 is 0 Å². The fraction of sp³-hybridized carbons (Fsp3) is 0.150. The predicted molar refractivity (Wildman–Crippen MR) is 89.5 cm³/mol. The highest BCUT2D eigenvalue weighted by atomic mass is 19.4. The highest BCUT2D eigenvalue weighted by Gasteiger charge is 2.30. The number of ketones is 1. The molecule has 0 radical (unpaired) electrons. The lowest BCUT2D eigenvalue weighted by molar-refractivity contribution is -0.137. The first-order valence-corrected chi connectivity index (χ1v) is 7.46. The van der Waals surface area contributed by atoms with Gasteiger partial charge < -0.3 is 0 Å². The van der Waals surface area contributed by atoms with Crippen LogP contribution in [0.2, 0.25) is 0 Å². The highest BCUT2D eigenvalue weighted by molar-refractivity contribution is 5.94. The van der Waals surface area contributed by atoms with E-state index in [0.29, 0.717) is 5.56 Å². The summed E-state index contributed by atoms with van der Waals surface area (Å²) in [5.74, 6) is -0.427. The molecular weight excluding hydrogens is 313 g/mol. The molecule has 4 heteroatoms. The lowest BCUT2D eigenvalue weighted by atomic mass is 9.93. The van der Waals surface area contributed by atoms with Crippen molar-refractivity contribution in [3.8, 4) is 0 Å². The van der Waals surface area contributed by atoms with E-state index in [1.807, 2.05) is 30.3 Å². The van der Waals surface area contributed by atoms with E-state index in [9.17, 15) is 18.0 Å². The summed E-state index contributed by atoms with van der Waals surface area (Å²) in [5.41, 5.74) is 0.847. The van der Waals surface area contributed by atoms with Crippen LogP contribution in [0.4, 0.5) is 13.2 Å². The maximum atomic E-state index is 12.6. The average molecular weight is 330 g/mol. The van der Waals surface area contributed by atoms with Crippen molar-refractivity contribution in [3.63, 3.8) is 0 Å². The molecule has 0 unspecified atom stereocenters. The third-order valence-corrected chi connectivity index (χ3v) is 3.63. The zero-order valence-electron chi connectivity index (χ0n) is 13.0. The SMILES string of the molecule is C=C[C@@H](CC(=O)/C=C/c1ccccc1)c1ccc(C(F)(F)F)cc1. The number of benzene rings is 2. The molecule has 124 valence electrons. The normalized spacial score (nSPS) is 13.0. The van der Waals surface area contributed by atoms with Crippen molar-refractivity contribution in [1.82, 2.24) is 0 Å². The van der Waals surface area contributed by atoms with Gasteiger partial charge in [0.1, 0.15) is 0 Å². The molecule has 2 aromatic carbocycles. The van der Waals surface area contributed by atoms with E-state index in [0.717, 1.165) is 17.7 Å². The number of alkyl halides is 3. The average Bonchev–Trinajstić information content (AvgIpc) is 2.58. The zero-order valence-corrected chi connectivity index (χ0v) is 13.0. The van der Waals surface area contributed by atoms with E-state index < -0.39 is 11.7 Å². The van der Waals surface area contributed by atoms with Crippen LogP contribution in [0.15, 0.2) is 73.3 Å². The number of hydrogen-bond acceptors (Lipinski definition) is 1. The predicted octanol–water partition coefficient (Wildman–Crippen LogP) is 5.65. The summed E-state index contributed by atoms with van der Waals surface area (Å²) in [6.45, 7) is 3.68. The Morgan fingerprint density at radius 1 is 1.04 bits per heavy atom. The topological polar surface area (TPSA) is 17.1 Å². The quantitative estimate of drug-likeness (QED) is 0.494. The van der Waals surface area contributed by atoms with Crippen molar-refractivity contribution in [2.75, 3.05) is 0 Å². The summed E-state index contributed by atoms with van der Waals surface area (Å²) >= 11 is 0. The Bertz CT molecular complexity index is 713. The van der Waals surface area contributed by atoms with Crippen molar-refractivity contribution in [3.05, 3.63) is 90.0 Å². The fourth-order valence-electron chi connectivity index (χ4n) is 2.29. The molecule has 0 spiro atoms. The Kier molecular flexibility index (Phi) is 5.74. The summed E-state index contributed by atoms with van der Waals surface area (Å²) in [5, 5.41) is 0.